The molecular formula is C32H31N3O3. The zero-order valence-corrected chi connectivity index (χ0v) is 21.6. The highest BCUT2D eigenvalue weighted by Crippen LogP contribution is 2.37. The number of carbonyl (C=O) groups is 3. The maximum absolute atomic E-state index is 14.1. The Labute approximate surface area is 222 Å². The number of nitrogens with one attached hydrogen (secondary N) is 1. The summed E-state index contributed by atoms with van der Waals surface area (Å²) in [5, 5.41) is 4.83. The number of hydrogen-bond donors (Lipinski definition) is 1. The maximum atomic E-state index is 14.1. The molecule has 1 heterocycles. The van der Waals surface area contributed by atoms with Crippen molar-refractivity contribution in [1.29, 1.82) is 0 Å². The molecule has 5 rings (SSSR count). The van der Waals surface area contributed by atoms with Gasteiger partial charge in [0.15, 0.2) is 0 Å². The lowest BCUT2D eigenvalue weighted by atomic mass is 10.0. The summed E-state index contributed by atoms with van der Waals surface area (Å²) in [6, 6.07) is 29.9. The van der Waals surface area contributed by atoms with Gasteiger partial charge in [0.1, 0.15) is 12.6 Å². The van der Waals surface area contributed by atoms with Crippen LogP contribution in [-0.4, -0.2) is 41.2 Å². The van der Waals surface area contributed by atoms with Gasteiger partial charge < -0.3 is 10.2 Å². The van der Waals surface area contributed by atoms with E-state index in [0.717, 1.165) is 27.6 Å². The topological polar surface area (TPSA) is 69.7 Å². The van der Waals surface area contributed by atoms with E-state index in [1.807, 2.05) is 105 Å². The fourth-order valence-corrected chi connectivity index (χ4v) is 5.08. The second-order valence-corrected chi connectivity index (χ2v) is 9.95. The lowest BCUT2D eigenvalue weighted by Gasteiger charge is -2.33. The number of benzene rings is 4. The van der Waals surface area contributed by atoms with E-state index in [1.54, 1.807) is 11.0 Å². The van der Waals surface area contributed by atoms with Gasteiger partial charge in [-0.1, -0.05) is 84.9 Å². The SMILES string of the molecule is CC(C)NC(=O)C(Cc1ccccc1)N(Cc1ccccc1)C(=O)CN1C(=O)c2cccc3cccc1c23. The summed E-state index contributed by atoms with van der Waals surface area (Å²) in [4.78, 5) is 44.2. The fourth-order valence-electron chi connectivity index (χ4n) is 5.08. The first-order chi connectivity index (χ1) is 18.4. The van der Waals surface area contributed by atoms with Crippen molar-refractivity contribution < 1.29 is 14.4 Å². The molecule has 4 aromatic rings. The Bertz CT molecular complexity index is 1460. The van der Waals surface area contributed by atoms with Gasteiger partial charge in [0.2, 0.25) is 11.8 Å². The summed E-state index contributed by atoms with van der Waals surface area (Å²) in [5.74, 6) is -0.700. The van der Waals surface area contributed by atoms with E-state index in [9.17, 15) is 14.4 Å². The van der Waals surface area contributed by atoms with E-state index in [0.29, 0.717) is 12.0 Å². The molecule has 192 valence electrons. The van der Waals surface area contributed by atoms with E-state index < -0.39 is 6.04 Å². The molecule has 3 amide bonds. The largest absolute Gasteiger partial charge is 0.352 e. The molecule has 0 bridgehead atoms. The summed E-state index contributed by atoms with van der Waals surface area (Å²) >= 11 is 0. The van der Waals surface area contributed by atoms with E-state index in [2.05, 4.69) is 5.32 Å². The number of nitrogens with zero attached hydrogens (tertiary/aromatic N) is 2. The molecule has 6 nitrogen and oxygen atoms in total. The van der Waals surface area contributed by atoms with Crippen molar-refractivity contribution >= 4 is 34.2 Å². The predicted octanol–water partition coefficient (Wildman–Crippen LogP) is 4.96. The minimum atomic E-state index is -0.747. The Balaban J connectivity index is 1.50. The van der Waals surface area contributed by atoms with Gasteiger partial charge >= 0.3 is 0 Å². The second kappa shape index (κ2) is 10.9. The molecule has 0 radical (unpaired) electrons. The van der Waals surface area contributed by atoms with Crippen LogP contribution in [0.3, 0.4) is 0 Å². The first-order valence-corrected chi connectivity index (χ1v) is 12.9. The Kier molecular flexibility index (Phi) is 7.22. The Morgan fingerprint density at radius 3 is 2.11 bits per heavy atom. The normalized spacial score (nSPS) is 13.1. The highest BCUT2D eigenvalue weighted by molar-refractivity contribution is 6.26. The van der Waals surface area contributed by atoms with Crippen LogP contribution >= 0.6 is 0 Å². The molecule has 0 spiro atoms. The number of carbonyl (C=O) groups excluding carboxylic acids is 3. The lowest BCUT2D eigenvalue weighted by Crippen LogP contribution is -2.54. The highest BCUT2D eigenvalue weighted by atomic mass is 16.2. The van der Waals surface area contributed by atoms with Crippen molar-refractivity contribution in [1.82, 2.24) is 10.2 Å². The zero-order valence-electron chi connectivity index (χ0n) is 21.6. The summed E-state index contributed by atoms with van der Waals surface area (Å²) in [6.45, 7) is 3.91. The fraction of sp³-hybridized carbons (Fsp3) is 0.219. The first-order valence-electron chi connectivity index (χ1n) is 12.9. The summed E-state index contributed by atoms with van der Waals surface area (Å²) in [7, 11) is 0. The number of rotatable bonds is 9. The van der Waals surface area contributed by atoms with Gasteiger partial charge in [-0.15, -0.1) is 0 Å². The lowest BCUT2D eigenvalue weighted by molar-refractivity contribution is -0.140. The predicted molar refractivity (Wildman–Crippen MR) is 150 cm³/mol. The van der Waals surface area contributed by atoms with Crippen molar-refractivity contribution in [3.05, 3.63) is 114 Å². The van der Waals surface area contributed by atoms with Crippen LogP contribution in [0.15, 0.2) is 97.1 Å². The van der Waals surface area contributed by atoms with Gasteiger partial charge in [-0.25, -0.2) is 0 Å². The third-order valence-electron chi connectivity index (χ3n) is 6.84. The van der Waals surface area contributed by atoms with Crippen LogP contribution < -0.4 is 10.2 Å². The van der Waals surface area contributed by atoms with Crippen LogP contribution in [0.5, 0.6) is 0 Å². The molecule has 0 saturated carbocycles. The minimum absolute atomic E-state index is 0.0817. The first kappa shape index (κ1) is 25.2. The summed E-state index contributed by atoms with van der Waals surface area (Å²) < 4.78 is 0. The van der Waals surface area contributed by atoms with E-state index in [-0.39, 0.29) is 36.9 Å². The zero-order chi connectivity index (χ0) is 26.6. The van der Waals surface area contributed by atoms with Gasteiger partial charge in [-0.2, -0.15) is 0 Å². The average molecular weight is 506 g/mol. The van der Waals surface area contributed by atoms with Gasteiger partial charge in [0.25, 0.3) is 5.91 Å². The van der Waals surface area contributed by atoms with Gasteiger partial charge in [-0.3, -0.25) is 19.3 Å². The van der Waals surface area contributed by atoms with Gasteiger partial charge in [0, 0.05) is 30.0 Å². The molecule has 0 aliphatic carbocycles. The monoisotopic (exact) mass is 505 g/mol. The van der Waals surface area contributed by atoms with Crippen molar-refractivity contribution in [3.63, 3.8) is 0 Å². The molecule has 0 saturated heterocycles. The molecule has 1 atom stereocenters. The molecule has 1 aliphatic heterocycles. The van der Waals surface area contributed by atoms with E-state index in [1.165, 1.54) is 4.90 Å². The molecule has 1 N–H and O–H groups in total. The second-order valence-electron chi connectivity index (χ2n) is 9.95. The van der Waals surface area contributed by atoms with Crippen LogP contribution in [0, 0.1) is 0 Å². The van der Waals surface area contributed by atoms with Crippen LogP contribution in [0.1, 0.15) is 35.3 Å². The molecule has 38 heavy (non-hydrogen) atoms. The van der Waals surface area contributed by atoms with Crippen molar-refractivity contribution in [2.24, 2.45) is 0 Å². The molecular weight excluding hydrogens is 474 g/mol. The average Bonchev–Trinajstić information content (AvgIpc) is 3.19. The third-order valence-corrected chi connectivity index (χ3v) is 6.84. The molecule has 0 aromatic heterocycles. The summed E-state index contributed by atoms with van der Waals surface area (Å²) in [6.07, 6.45) is 0.363. The number of hydrogen-bond acceptors (Lipinski definition) is 3. The van der Waals surface area contributed by atoms with E-state index in [4.69, 9.17) is 0 Å². The highest BCUT2D eigenvalue weighted by Gasteiger charge is 2.35. The van der Waals surface area contributed by atoms with E-state index >= 15 is 0 Å². The van der Waals surface area contributed by atoms with Gasteiger partial charge in [-0.05, 0) is 42.5 Å². The maximum Gasteiger partial charge on any atom is 0.259 e. The van der Waals surface area contributed by atoms with Crippen LogP contribution in [0.4, 0.5) is 5.69 Å². The molecule has 0 fully saturated rings. The van der Waals surface area contributed by atoms with Crippen molar-refractivity contribution in [2.75, 3.05) is 11.4 Å². The smallest absolute Gasteiger partial charge is 0.259 e. The van der Waals surface area contributed by atoms with Gasteiger partial charge in [0.05, 0.1) is 5.69 Å². The standard InChI is InChI=1S/C32H31N3O3/c1-22(2)33-31(37)28(19-23-11-5-3-6-12-23)34(20-24-13-7-4-8-14-24)29(36)21-35-27-18-10-16-25-15-9-17-26(30(25)27)32(35)38/h3-18,22,28H,19-21H2,1-2H3,(H,33,37). The van der Waals surface area contributed by atoms with Crippen LogP contribution in [0.2, 0.25) is 0 Å². The van der Waals surface area contributed by atoms with Crippen molar-refractivity contribution in [3.8, 4) is 0 Å². The Hall–Kier alpha value is -4.45. The minimum Gasteiger partial charge on any atom is -0.352 e. The summed E-state index contributed by atoms with van der Waals surface area (Å²) in [5.41, 5.74) is 3.19. The van der Waals surface area contributed by atoms with Crippen LogP contribution in [-0.2, 0) is 22.6 Å². The Morgan fingerprint density at radius 2 is 1.45 bits per heavy atom. The Morgan fingerprint density at radius 1 is 0.816 bits per heavy atom. The van der Waals surface area contributed by atoms with Crippen molar-refractivity contribution in [2.45, 2.75) is 38.9 Å². The number of anilines is 1. The third kappa shape index (κ3) is 5.16. The molecule has 1 unspecified atom stereocenters. The number of amides is 3. The molecule has 4 aromatic carbocycles. The molecule has 1 aliphatic rings. The molecule has 6 heteroatoms. The van der Waals surface area contributed by atoms with Crippen LogP contribution in [0.25, 0.3) is 10.8 Å². The quantitative estimate of drug-likeness (QED) is 0.349.